The quantitative estimate of drug-likeness (QED) is 0.120. The van der Waals surface area contributed by atoms with E-state index in [-0.39, 0.29) is 6.61 Å². The predicted molar refractivity (Wildman–Crippen MR) is 192 cm³/mol. The fourth-order valence-corrected chi connectivity index (χ4v) is 7.05. The van der Waals surface area contributed by atoms with Crippen LogP contribution in [0.5, 0.6) is 0 Å². The highest BCUT2D eigenvalue weighted by Crippen LogP contribution is 2.38. The van der Waals surface area contributed by atoms with E-state index in [2.05, 4.69) is 0 Å². The Morgan fingerprint density at radius 3 is 1.45 bits per heavy atom. The van der Waals surface area contributed by atoms with Gasteiger partial charge in [-0.05, 0) is 33.8 Å². The van der Waals surface area contributed by atoms with Gasteiger partial charge in [0.05, 0.1) is 33.0 Å². The molecule has 0 saturated carbocycles. The fraction of sp³-hybridized carbons (Fsp3) is 0.250. The second-order valence-corrected chi connectivity index (χ2v) is 13.0. The van der Waals surface area contributed by atoms with Crippen molar-refractivity contribution in [1.82, 2.24) is 0 Å². The first kappa shape index (κ1) is 35.1. The summed E-state index contributed by atoms with van der Waals surface area (Å²) in [4.78, 5) is 0.672. The third kappa shape index (κ3) is 10.1. The van der Waals surface area contributed by atoms with E-state index in [4.69, 9.17) is 23.7 Å². The molecule has 2 N–H and O–H groups in total. The van der Waals surface area contributed by atoms with Gasteiger partial charge in [0.2, 0.25) is 0 Å². The molecule has 1 fully saturated rings. The normalized spacial score (nSPS) is 20.6. The number of hydrogen-bond acceptors (Lipinski definition) is 8. The molecule has 0 amide bonds. The average molecular weight is 677 g/mol. The SMILES string of the molecule is OB(O)c1ccccc1S[C@@H]1O[C@H](COCc2ccccc2)[C@@H](OCc2ccccc2)[C@H](OCc2ccccc2)[C@H]1OCc1ccccc1. The van der Waals surface area contributed by atoms with Crippen LogP contribution in [0.25, 0.3) is 0 Å². The van der Waals surface area contributed by atoms with Crippen molar-refractivity contribution in [3.8, 4) is 0 Å². The first-order valence-corrected chi connectivity index (χ1v) is 17.4. The van der Waals surface area contributed by atoms with E-state index in [0.29, 0.717) is 36.8 Å². The highest BCUT2D eigenvalue weighted by molar-refractivity contribution is 8.00. The van der Waals surface area contributed by atoms with E-state index in [1.165, 1.54) is 11.8 Å². The molecule has 1 aliphatic rings. The second kappa shape index (κ2) is 18.3. The lowest BCUT2D eigenvalue weighted by Crippen LogP contribution is -2.60. The lowest BCUT2D eigenvalue weighted by molar-refractivity contribution is -0.254. The van der Waals surface area contributed by atoms with Gasteiger partial charge in [-0.1, -0.05) is 151 Å². The molecular weight excluding hydrogens is 635 g/mol. The summed E-state index contributed by atoms with van der Waals surface area (Å²) in [6.07, 6.45) is -2.27. The van der Waals surface area contributed by atoms with Gasteiger partial charge in [0, 0.05) is 4.90 Å². The van der Waals surface area contributed by atoms with Crippen LogP contribution < -0.4 is 5.46 Å². The molecule has 252 valence electrons. The Morgan fingerprint density at radius 1 is 0.510 bits per heavy atom. The maximum absolute atomic E-state index is 10.2. The lowest BCUT2D eigenvalue weighted by Gasteiger charge is -2.46. The van der Waals surface area contributed by atoms with Crippen LogP contribution in [0.1, 0.15) is 22.3 Å². The number of benzene rings is 5. The van der Waals surface area contributed by atoms with Crippen molar-refractivity contribution in [1.29, 1.82) is 0 Å². The van der Waals surface area contributed by atoms with Gasteiger partial charge < -0.3 is 33.7 Å². The Kier molecular flexibility index (Phi) is 13.1. The maximum atomic E-state index is 10.2. The minimum Gasteiger partial charge on any atom is -0.423 e. The van der Waals surface area contributed by atoms with Gasteiger partial charge in [0.1, 0.15) is 29.9 Å². The van der Waals surface area contributed by atoms with Crippen molar-refractivity contribution in [2.45, 2.75) is 61.2 Å². The Hall–Kier alpha value is -3.77. The maximum Gasteiger partial charge on any atom is 0.489 e. The Bertz CT molecular complexity index is 1660. The zero-order chi connectivity index (χ0) is 33.7. The summed E-state index contributed by atoms with van der Waals surface area (Å²) in [5.41, 5.74) is 3.89. The van der Waals surface area contributed by atoms with Crippen LogP contribution in [0.3, 0.4) is 0 Å². The Balaban J connectivity index is 1.34. The molecule has 0 radical (unpaired) electrons. The van der Waals surface area contributed by atoms with Crippen LogP contribution in [0, 0.1) is 0 Å². The van der Waals surface area contributed by atoms with Crippen molar-refractivity contribution < 1.29 is 33.7 Å². The summed E-state index contributed by atoms with van der Waals surface area (Å²) in [6.45, 7) is 1.65. The van der Waals surface area contributed by atoms with Gasteiger partial charge in [-0.3, -0.25) is 0 Å². The smallest absolute Gasteiger partial charge is 0.423 e. The molecule has 0 bridgehead atoms. The topological polar surface area (TPSA) is 86.6 Å². The molecule has 0 unspecified atom stereocenters. The third-order valence-corrected chi connectivity index (χ3v) is 9.52. The summed E-state index contributed by atoms with van der Waals surface area (Å²) < 4.78 is 33.5. The molecular formula is C40H41BO7S. The molecule has 5 aromatic rings. The standard InChI is InChI=1S/C40H41BO7S/c42-41(43)34-23-13-14-24-36(34)49-40-39(47-28-33-21-11-4-12-22-33)38(46-27-32-19-9-3-10-20-32)37(45-26-31-17-7-2-8-18-31)35(48-40)29-44-25-30-15-5-1-6-16-30/h1-24,35,37-40,42-43H,25-29H2/t35-,37-,38+,39-,40+/m1/s1. The molecule has 49 heavy (non-hydrogen) atoms. The van der Waals surface area contributed by atoms with Gasteiger partial charge in [-0.15, -0.1) is 0 Å². The van der Waals surface area contributed by atoms with Crippen LogP contribution in [0.4, 0.5) is 0 Å². The molecule has 1 aliphatic heterocycles. The van der Waals surface area contributed by atoms with Gasteiger partial charge in [-0.25, -0.2) is 0 Å². The van der Waals surface area contributed by atoms with Gasteiger partial charge in [0.15, 0.2) is 0 Å². The van der Waals surface area contributed by atoms with E-state index in [1.54, 1.807) is 12.1 Å². The van der Waals surface area contributed by atoms with Gasteiger partial charge in [0.25, 0.3) is 0 Å². The predicted octanol–water partition coefficient (Wildman–Crippen LogP) is 6.16. The Morgan fingerprint density at radius 2 is 0.939 bits per heavy atom. The van der Waals surface area contributed by atoms with Gasteiger partial charge in [-0.2, -0.15) is 0 Å². The molecule has 7 nitrogen and oxygen atoms in total. The van der Waals surface area contributed by atoms with Crippen molar-refractivity contribution in [2.75, 3.05) is 6.61 Å². The van der Waals surface area contributed by atoms with E-state index in [1.807, 2.05) is 133 Å². The summed E-state index contributed by atoms with van der Waals surface area (Å²) in [7, 11) is -1.65. The molecule has 5 atom stereocenters. The van der Waals surface area contributed by atoms with E-state index >= 15 is 0 Å². The number of hydrogen-bond donors (Lipinski definition) is 2. The first-order chi connectivity index (χ1) is 24.1. The first-order valence-electron chi connectivity index (χ1n) is 16.5. The largest absolute Gasteiger partial charge is 0.489 e. The van der Waals surface area contributed by atoms with Crippen LogP contribution in [0.2, 0.25) is 0 Å². The molecule has 1 heterocycles. The minimum absolute atomic E-state index is 0.242. The highest BCUT2D eigenvalue weighted by atomic mass is 32.2. The number of ether oxygens (including phenoxy) is 5. The zero-order valence-corrected chi connectivity index (χ0v) is 28.0. The molecule has 0 spiro atoms. The second-order valence-electron chi connectivity index (χ2n) is 11.9. The fourth-order valence-electron chi connectivity index (χ4n) is 5.77. The van der Waals surface area contributed by atoms with E-state index in [9.17, 15) is 10.0 Å². The molecule has 1 saturated heterocycles. The van der Waals surface area contributed by atoms with E-state index in [0.717, 1.165) is 22.3 Å². The Labute approximate surface area is 292 Å². The monoisotopic (exact) mass is 676 g/mol. The summed E-state index contributed by atoms with van der Waals surface area (Å²) in [5.74, 6) is 0. The molecule has 0 aliphatic carbocycles. The van der Waals surface area contributed by atoms with E-state index < -0.39 is 37.0 Å². The minimum atomic E-state index is -1.65. The van der Waals surface area contributed by atoms with Crippen molar-refractivity contribution in [3.05, 3.63) is 168 Å². The summed E-state index contributed by atoms with van der Waals surface area (Å²) >= 11 is 1.38. The highest BCUT2D eigenvalue weighted by Gasteiger charge is 2.49. The van der Waals surface area contributed by atoms with Gasteiger partial charge >= 0.3 is 7.12 Å². The average Bonchev–Trinajstić information content (AvgIpc) is 3.15. The molecule has 6 rings (SSSR count). The number of thioether (sulfide) groups is 1. The van der Waals surface area contributed by atoms with Crippen LogP contribution in [-0.2, 0) is 50.1 Å². The van der Waals surface area contributed by atoms with Crippen molar-refractivity contribution in [2.24, 2.45) is 0 Å². The summed E-state index contributed by atoms with van der Waals surface area (Å²) in [6, 6.07) is 47.3. The number of rotatable bonds is 16. The molecule has 9 heteroatoms. The third-order valence-electron chi connectivity index (χ3n) is 8.28. The van der Waals surface area contributed by atoms with Crippen LogP contribution in [-0.4, -0.2) is 53.6 Å². The zero-order valence-electron chi connectivity index (χ0n) is 27.2. The molecule has 5 aromatic carbocycles. The summed E-state index contributed by atoms with van der Waals surface area (Å²) in [5, 5.41) is 20.4. The molecule has 0 aromatic heterocycles. The van der Waals surface area contributed by atoms with Crippen LogP contribution >= 0.6 is 11.8 Å². The van der Waals surface area contributed by atoms with Crippen molar-refractivity contribution in [3.63, 3.8) is 0 Å². The van der Waals surface area contributed by atoms with Crippen molar-refractivity contribution >= 4 is 24.3 Å². The van der Waals surface area contributed by atoms with Crippen LogP contribution in [0.15, 0.2) is 150 Å². The lowest BCUT2D eigenvalue weighted by atomic mass is 9.80.